The number of carboxylic acids is 1. The van der Waals surface area contributed by atoms with Crippen LogP contribution in [0.15, 0.2) is 12.1 Å². The molecule has 1 amide bonds. The van der Waals surface area contributed by atoms with Crippen LogP contribution in [0.1, 0.15) is 17.3 Å². The quantitative estimate of drug-likeness (QED) is 0.777. The molecule has 0 radical (unpaired) electrons. The third-order valence-electron chi connectivity index (χ3n) is 1.84. The van der Waals surface area contributed by atoms with Crippen molar-refractivity contribution in [2.45, 2.75) is 6.92 Å². The lowest BCUT2D eigenvalue weighted by Gasteiger charge is -2.14. The summed E-state index contributed by atoms with van der Waals surface area (Å²) in [4.78, 5) is 26.8. The van der Waals surface area contributed by atoms with Crippen molar-refractivity contribution in [2.24, 2.45) is 0 Å². The molecule has 0 fully saturated rings. The average molecular weight is 229 g/mol. The van der Waals surface area contributed by atoms with Crippen LogP contribution in [-0.2, 0) is 4.79 Å². The molecule has 1 aromatic rings. The van der Waals surface area contributed by atoms with Crippen molar-refractivity contribution in [3.05, 3.63) is 22.8 Å². The van der Waals surface area contributed by atoms with E-state index in [-0.39, 0.29) is 22.4 Å². The van der Waals surface area contributed by atoms with Gasteiger partial charge in [0, 0.05) is 14.0 Å². The maximum absolute atomic E-state index is 11.0. The highest BCUT2D eigenvalue weighted by atomic mass is 35.5. The van der Waals surface area contributed by atoms with E-state index in [1.165, 1.54) is 31.0 Å². The molecule has 5 nitrogen and oxygen atoms in total. The van der Waals surface area contributed by atoms with Gasteiger partial charge in [-0.25, -0.2) is 9.78 Å². The van der Waals surface area contributed by atoms with E-state index in [1.807, 2.05) is 0 Å². The zero-order chi connectivity index (χ0) is 11.6. The number of carboxylic acid groups (broad SMARTS) is 1. The molecule has 0 aliphatic carbocycles. The van der Waals surface area contributed by atoms with Crippen molar-refractivity contribution in [3.8, 4) is 0 Å². The molecule has 0 aliphatic heterocycles. The Hall–Kier alpha value is -1.62. The second-order valence-electron chi connectivity index (χ2n) is 2.92. The van der Waals surface area contributed by atoms with E-state index in [0.29, 0.717) is 0 Å². The second-order valence-corrected chi connectivity index (χ2v) is 3.31. The van der Waals surface area contributed by atoms with Gasteiger partial charge in [0.1, 0.15) is 11.0 Å². The topological polar surface area (TPSA) is 70.5 Å². The van der Waals surface area contributed by atoms with Crippen LogP contribution in [0.4, 0.5) is 5.82 Å². The van der Waals surface area contributed by atoms with Crippen LogP contribution < -0.4 is 4.90 Å². The average Bonchev–Trinajstić information content (AvgIpc) is 2.15. The Kier molecular flexibility index (Phi) is 3.26. The number of hydrogen-bond acceptors (Lipinski definition) is 3. The van der Waals surface area contributed by atoms with Gasteiger partial charge in [0.05, 0.1) is 5.56 Å². The Bertz CT molecular complexity index is 420. The molecule has 80 valence electrons. The molecule has 0 bridgehead atoms. The Morgan fingerprint density at radius 1 is 1.47 bits per heavy atom. The zero-order valence-electron chi connectivity index (χ0n) is 8.19. The van der Waals surface area contributed by atoms with Gasteiger partial charge in [-0.2, -0.15) is 0 Å². The highest BCUT2D eigenvalue weighted by Gasteiger charge is 2.12. The van der Waals surface area contributed by atoms with Gasteiger partial charge >= 0.3 is 5.97 Å². The minimum Gasteiger partial charge on any atom is -0.478 e. The number of nitrogens with zero attached hydrogens (tertiary/aromatic N) is 2. The van der Waals surface area contributed by atoms with Gasteiger partial charge < -0.3 is 10.0 Å². The standard InChI is InChI=1S/C9H9ClN2O3/c1-5(13)12(2)8-4-6(9(14)15)3-7(10)11-8/h3-4H,1-2H3,(H,14,15). The first-order valence-electron chi connectivity index (χ1n) is 4.07. The lowest BCUT2D eigenvalue weighted by atomic mass is 10.2. The Morgan fingerprint density at radius 2 is 2.07 bits per heavy atom. The second kappa shape index (κ2) is 4.27. The molecule has 0 aromatic carbocycles. The number of aromatic carboxylic acids is 1. The van der Waals surface area contributed by atoms with E-state index in [0.717, 1.165) is 0 Å². The lowest BCUT2D eigenvalue weighted by molar-refractivity contribution is -0.116. The number of pyridine rings is 1. The molecule has 1 N–H and O–H groups in total. The predicted molar refractivity (Wildman–Crippen MR) is 55.3 cm³/mol. The van der Waals surface area contributed by atoms with Crippen molar-refractivity contribution < 1.29 is 14.7 Å². The van der Waals surface area contributed by atoms with Gasteiger partial charge in [0.2, 0.25) is 5.91 Å². The van der Waals surface area contributed by atoms with Crippen LogP contribution in [0.2, 0.25) is 5.15 Å². The van der Waals surface area contributed by atoms with Gasteiger partial charge in [-0.15, -0.1) is 0 Å². The molecule has 6 heteroatoms. The molecule has 0 spiro atoms. The van der Waals surface area contributed by atoms with E-state index < -0.39 is 5.97 Å². The fourth-order valence-electron chi connectivity index (χ4n) is 0.940. The summed E-state index contributed by atoms with van der Waals surface area (Å²) >= 11 is 5.63. The number of rotatable bonds is 2. The van der Waals surface area contributed by atoms with Crippen molar-refractivity contribution in [3.63, 3.8) is 0 Å². The zero-order valence-corrected chi connectivity index (χ0v) is 8.95. The van der Waals surface area contributed by atoms with E-state index in [1.54, 1.807) is 0 Å². The van der Waals surface area contributed by atoms with Crippen molar-refractivity contribution in [1.82, 2.24) is 4.98 Å². The van der Waals surface area contributed by atoms with Gasteiger partial charge in [0.15, 0.2) is 0 Å². The van der Waals surface area contributed by atoms with E-state index in [2.05, 4.69) is 4.98 Å². The van der Waals surface area contributed by atoms with Crippen LogP contribution >= 0.6 is 11.6 Å². The number of amides is 1. The van der Waals surface area contributed by atoms with E-state index in [9.17, 15) is 9.59 Å². The largest absolute Gasteiger partial charge is 0.478 e. The SMILES string of the molecule is CC(=O)N(C)c1cc(C(=O)O)cc(Cl)n1. The molecule has 0 saturated carbocycles. The molecule has 15 heavy (non-hydrogen) atoms. The first-order valence-corrected chi connectivity index (χ1v) is 4.45. The summed E-state index contributed by atoms with van der Waals surface area (Å²) in [6.07, 6.45) is 0. The molecule has 0 saturated heterocycles. The molecule has 1 rings (SSSR count). The minimum atomic E-state index is -1.11. The van der Waals surface area contributed by atoms with Crippen molar-refractivity contribution >= 4 is 29.3 Å². The monoisotopic (exact) mass is 228 g/mol. The van der Waals surface area contributed by atoms with Gasteiger partial charge in [-0.3, -0.25) is 4.79 Å². The normalized spacial score (nSPS) is 9.80. The summed E-state index contributed by atoms with van der Waals surface area (Å²) in [5.41, 5.74) is -0.00176. The summed E-state index contributed by atoms with van der Waals surface area (Å²) in [6.45, 7) is 1.35. The van der Waals surface area contributed by atoms with Crippen LogP contribution in [0.25, 0.3) is 0 Å². The Balaban J connectivity index is 3.20. The smallest absolute Gasteiger partial charge is 0.335 e. The number of halogens is 1. The van der Waals surface area contributed by atoms with Crippen LogP contribution in [-0.4, -0.2) is 29.0 Å². The molecule has 0 atom stereocenters. The Labute approximate surface area is 91.3 Å². The fourth-order valence-corrected chi connectivity index (χ4v) is 1.14. The van der Waals surface area contributed by atoms with Gasteiger partial charge in [0.25, 0.3) is 0 Å². The van der Waals surface area contributed by atoms with Crippen LogP contribution in [0.5, 0.6) is 0 Å². The molecule has 0 aliphatic rings. The highest BCUT2D eigenvalue weighted by Crippen LogP contribution is 2.17. The predicted octanol–water partition coefficient (Wildman–Crippen LogP) is 1.42. The van der Waals surface area contributed by atoms with Crippen LogP contribution in [0, 0.1) is 0 Å². The summed E-state index contributed by atoms with van der Waals surface area (Å²) in [7, 11) is 1.49. The first kappa shape index (κ1) is 11.5. The third kappa shape index (κ3) is 2.66. The van der Waals surface area contributed by atoms with Gasteiger partial charge in [-0.1, -0.05) is 11.6 Å². The maximum atomic E-state index is 11.0. The number of hydrogen-bond donors (Lipinski definition) is 1. The number of carbonyl (C=O) groups is 2. The van der Waals surface area contributed by atoms with E-state index in [4.69, 9.17) is 16.7 Å². The number of aromatic nitrogens is 1. The Morgan fingerprint density at radius 3 is 2.53 bits per heavy atom. The molecule has 1 aromatic heterocycles. The number of carbonyl (C=O) groups excluding carboxylic acids is 1. The van der Waals surface area contributed by atoms with Gasteiger partial charge in [-0.05, 0) is 12.1 Å². The lowest BCUT2D eigenvalue weighted by Crippen LogP contribution is -2.24. The highest BCUT2D eigenvalue weighted by molar-refractivity contribution is 6.29. The van der Waals surface area contributed by atoms with Crippen molar-refractivity contribution in [2.75, 3.05) is 11.9 Å². The number of anilines is 1. The van der Waals surface area contributed by atoms with Crippen LogP contribution in [0.3, 0.4) is 0 Å². The third-order valence-corrected chi connectivity index (χ3v) is 2.04. The molecule has 1 heterocycles. The first-order chi connectivity index (χ1) is 6.91. The minimum absolute atomic E-state index is 0.00176. The molecular formula is C9H9ClN2O3. The summed E-state index contributed by atoms with van der Waals surface area (Å²) in [5.74, 6) is -1.15. The molecule has 0 unspecified atom stereocenters. The molecular weight excluding hydrogens is 220 g/mol. The summed E-state index contributed by atoms with van der Waals surface area (Å²) in [6, 6.07) is 2.51. The summed E-state index contributed by atoms with van der Waals surface area (Å²) < 4.78 is 0. The fraction of sp³-hybridized carbons (Fsp3) is 0.222. The van der Waals surface area contributed by atoms with Crippen molar-refractivity contribution in [1.29, 1.82) is 0 Å². The van der Waals surface area contributed by atoms with E-state index >= 15 is 0 Å². The summed E-state index contributed by atoms with van der Waals surface area (Å²) in [5, 5.41) is 8.80. The maximum Gasteiger partial charge on any atom is 0.335 e.